The second-order valence-electron chi connectivity index (χ2n) is 3.47. The minimum atomic E-state index is -3.43. The van der Waals surface area contributed by atoms with E-state index in [1.165, 1.54) is 12.1 Å². The first-order valence-corrected chi connectivity index (χ1v) is 6.64. The molecule has 16 heavy (non-hydrogen) atoms. The SMILES string of the molecule is [CH2]CC(CC)S(=O)(=O)c1ccccc1C#N. The lowest BCUT2D eigenvalue weighted by atomic mass is 10.2. The minimum Gasteiger partial charge on any atom is -0.223 e. The third kappa shape index (κ3) is 2.25. The van der Waals surface area contributed by atoms with Crippen molar-refractivity contribution in [1.29, 1.82) is 5.26 Å². The Labute approximate surface area is 96.6 Å². The normalized spacial score (nSPS) is 11.4. The maximum Gasteiger partial charge on any atom is 0.182 e. The summed E-state index contributed by atoms with van der Waals surface area (Å²) in [5.41, 5.74) is 0.203. The molecule has 1 radical (unpaired) electrons. The van der Waals surface area contributed by atoms with E-state index in [2.05, 4.69) is 6.92 Å². The Morgan fingerprint density at radius 3 is 2.56 bits per heavy atom. The lowest BCUT2D eigenvalue weighted by Gasteiger charge is -2.14. The first-order chi connectivity index (χ1) is 7.57. The van der Waals surface area contributed by atoms with Crippen molar-refractivity contribution in [3.63, 3.8) is 0 Å². The Kier molecular flexibility index (Phi) is 4.08. The highest BCUT2D eigenvalue weighted by Crippen LogP contribution is 2.23. The van der Waals surface area contributed by atoms with E-state index in [1.807, 2.05) is 13.0 Å². The fourth-order valence-corrected chi connectivity index (χ4v) is 3.36. The Bertz CT molecular complexity index is 496. The average molecular weight is 236 g/mol. The molecule has 0 saturated heterocycles. The summed E-state index contributed by atoms with van der Waals surface area (Å²) >= 11 is 0. The van der Waals surface area contributed by atoms with E-state index < -0.39 is 15.1 Å². The van der Waals surface area contributed by atoms with Gasteiger partial charge >= 0.3 is 0 Å². The van der Waals surface area contributed by atoms with Crippen LogP contribution in [-0.2, 0) is 9.84 Å². The molecule has 0 amide bonds. The van der Waals surface area contributed by atoms with Crippen molar-refractivity contribution in [3.8, 4) is 6.07 Å². The summed E-state index contributed by atoms with van der Waals surface area (Å²) in [6.07, 6.45) is 0.824. The molecule has 1 unspecified atom stereocenters. The molecule has 4 heteroatoms. The van der Waals surface area contributed by atoms with E-state index in [-0.39, 0.29) is 10.5 Å². The predicted octanol–water partition coefficient (Wildman–Crippen LogP) is 2.33. The summed E-state index contributed by atoms with van der Waals surface area (Å²) in [7, 11) is -3.43. The number of benzene rings is 1. The monoisotopic (exact) mass is 236 g/mol. The number of nitriles is 1. The van der Waals surface area contributed by atoms with Crippen LogP contribution in [0.2, 0.25) is 0 Å². The van der Waals surface area contributed by atoms with Gasteiger partial charge in [-0.3, -0.25) is 0 Å². The van der Waals surface area contributed by atoms with Gasteiger partial charge in [-0.05, 0) is 25.0 Å². The third-order valence-electron chi connectivity index (χ3n) is 2.53. The highest BCUT2D eigenvalue weighted by atomic mass is 32.2. The van der Waals surface area contributed by atoms with Crippen molar-refractivity contribution in [2.24, 2.45) is 0 Å². The average Bonchev–Trinajstić information content (AvgIpc) is 2.30. The predicted molar refractivity (Wildman–Crippen MR) is 62.4 cm³/mol. The van der Waals surface area contributed by atoms with Crippen LogP contribution in [0.1, 0.15) is 25.3 Å². The lowest BCUT2D eigenvalue weighted by Crippen LogP contribution is -2.20. The van der Waals surface area contributed by atoms with Gasteiger partial charge < -0.3 is 0 Å². The summed E-state index contributed by atoms with van der Waals surface area (Å²) in [6, 6.07) is 8.18. The largest absolute Gasteiger partial charge is 0.223 e. The first-order valence-electron chi connectivity index (χ1n) is 5.10. The summed E-state index contributed by atoms with van der Waals surface area (Å²) < 4.78 is 24.4. The van der Waals surface area contributed by atoms with E-state index in [4.69, 9.17) is 5.26 Å². The third-order valence-corrected chi connectivity index (χ3v) is 4.95. The minimum absolute atomic E-state index is 0.119. The topological polar surface area (TPSA) is 57.9 Å². The molecule has 0 heterocycles. The molecule has 0 N–H and O–H groups in total. The van der Waals surface area contributed by atoms with Crippen LogP contribution in [0.3, 0.4) is 0 Å². The van der Waals surface area contributed by atoms with E-state index in [0.717, 1.165) is 0 Å². The van der Waals surface area contributed by atoms with Crippen molar-refractivity contribution in [2.75, 3.05) is 0 Å². The van der Waals surface area contributed by atoms with Gasteiger partial charge in [0.2, 0.25) is 0 Å². The zero-order valence-corrected chi connectivity index (χ0v) is 10.00. The molecule has 85 valence electrons. The molecule has 0 aromatic heterocycles. The molecule has 0 fully saturated rings. The molecular weight excluding hydrogens is 222 g/mol. The summed E-state index contributed by atoms with van der Waals surface area (Å²) in [6.45, 7) is 5.45. The molecule has 0 spiro atoms. The zero-order chi connectivity index (χ0) is 12.2. The Hall–Kier alpha value is -1.34. The van der Waals surface area contributed by atoms with Crippen molar-refractivity contribution in [1.82, 2.24) is 0 Å². The van der Waals surface area contributed by atoms with Gasteiger partial charge in [0.15, 0.2) is 9.84 Å². The van der Waals surface area contributed by atoms with Gasteiger partial charge in [0.25, 0.3) is 0 Å². The Balaban J connectivity index is 3.33. The maximum atomic E-state index is 12.2. The van der Waals surface area contributed by atoms with E-state index in [1.54, 1.807) is 12.1 Å². The molecule has 0 aliphatic rings. The number of sulfone groups is 1. The number of hydrogen-bond donors (Lipinski definition) is 0. The van der Waals surface area contributed by atoms with E-state index >= 15 is 0 Å². The van der Waals surface area contributed by atoms with Crippen molar-refractivity contribution in [2.45, 2.75) is 29.9 Å². The molecule has 0 aliphatic heterocycles. The summed E-state index contributed by atoms with van der Waals surface area (Å²) in [4.78, 5) is 0.119. The summed E-state index contributed by atoms with van der Waals surface area (Å²) in [5, 5.41) is 8.37. The highest BCUT2D eigenvalue weighted by Gasteiger charge is 2.26. The molecule has 0 bridgehead atoms. The second kappa shape index (κ2) is 5.13. The van der Waals surface area contributed by atoms with Crippen LogP contribution in [0.5, 0.6) is 0 Å². The molecule has 1 aromatic rings. The van der Waals surface area contributed by atoms with Crippen LogP contribution in [0.15, 0.2) is 29.2 Å². The molecular formula is C12H14NO2S. The molecule has 1 atom stereocenters. The molecule has 3 nitrogen and oxygen atoms in total. The molecule has 0 saturated carbocycles. The van der Waals surface area contributed by atoms with Gasteiger partial charge in [0, 0.05) is 0 Å². The van der Waals surface area contributed by atoms with Crippen LogP contribution >= 0.6 is 0 Å². The smallest absolute Gasteiger partial charge is 0.182 e. The maximum absolute atomic E-state index is 12.2. The van der Waals surface area contributed by atoms with Crippen molar-refractivity contribution in [3.05, 3.63) is 36.8 Å². The highest BCUT2D eigenvalue weighted by molar-refractivity contribution is 7.92. The Morgan fingerprint density at radius 2 is 2.06 bits per heavy atom. The quantitative estimate of drug-likeness (QED) is 0.806. The lowest BCUT2D eigenvalue weighted by molar-refractivity contribution is 0.575. The fraction of sp³-hybridized carbons (Fsp3) is 0.333. The summed E-state index contributed by atoms with van der Waals surface area (Å²) in [5.74, 6) is 0. The van der Waals surface area contributed by atoms with Crippen molar-refractivity contribution >= 4 is 9.84 Å². The first kappa shape index (κ1) is 12.7. The van der Waals surface area contributed by atoms with Gasteiger partial charge in [-0.2, -0.15) is 5.26 Å². The van der Waals surface area contributed by atoms with Crippen LogP contribution in [0.4, 0.5) is 0 Å². The van der Waals surface area contributed by atoms with Gasteiger partial charge in [0.05, 0.1) is 15.7 Å². The van der Waals surface area contributed by atoms with E-state index in [0.29, 0.717) is 12.8 Å². The standard InChI is InChI=1S/C12H14NO2S/c1-3-11(4-2)16(14,15)12-8-6-5-7-10(12)9-13/h5-8,11H,1,3-4H2,2H3. The zero-order valence-electron chi connectivity index (χ0n) is 9.18. The van der Waals surface area contributed by atoms with Gasteiger partial charge in [-0.1, -0.05) is 26.0 Å². The van der Waals surface area contributed by atoms with Gasteiger partial charge in [-0.15, -0.1) is 0 Å². The van der Waals surface area contributed by atoms with Crippen LogP contribution in [0, 0.1) is 18.3 Å². The van der Waals surface area contributed by atoms with Gasteiger partial charge in [0.1, 0.15) is 6.07 Å². The number of hydrogen-bond acceptors (Lipinski definition) is 3. The molecule has 1 rings (SSSR count). The Morgan fingerprint density at radius 1 is 1.44 bits per heavy atom. The van der Waals surface area contributed by atoms with Crippen LogP contribution in [0.25, 0.3) is 0 Å². The van der Waals surface area contributed by atoms with Crippen molar-refractivity contribution < 1.29 is 8.42 Å². The van der Waals surface area contributed by atoms with Crippen LogP contribution in [-0.4, -0.2) is 13.7 Å². The van der Waals surface area contributed by atoms with E-state index in [9.17, 15) is 8.42 Å². The van der Waals surface area contributed by atoms with Crippen LogP contribution < -0.4 is 0 Å². The van der Waals surface area contributed by atoms with Gasteiger partial charge in [-0.25, -0.2) is 8.42 Å². The molecule has 1 aromatic carbocycles. The number of nitrogens with zero attached hydrogens (tertiary/aromatic N) is 1. The fourth-order valence-electron chi connectivity index (χ4n) is 1.57. The molecule has 0 aliphatic carbocycles. The number of rotatable bonds is 4. The second-order valence-corrected chi connectivity index (χ2v) is 5.67.